The van der Waals surface area contributed by atoms with Crippen LogP contribution in [0.25, 0.3) is 6.08 Å². The molecule has 232 valence electrons. The van der Waals surface area contributed by atoms with Crippen LogP contribution in [0.1, 0.15) is 58.7 Å². The first-order valence-corrected chi connectivity index (χ1v) is 14.8. The molecule has 1 aliphatic heterocycles. The Morgan fingerprint density at radius 2 is 1.66 bits per heavy atom. The Bertz CT molecular complexity index is 1820. The van der Waals surface area contributed by atoms with E-state index >= 15 is 0 Å². The van der Waals surface area contributed by atoms with Gasteiger partial charge in [0.15, 0.2) is 27.8 Å². The predicted molar refractivity (Wildman–Crippen MR) is 163 cm³/mol. The molecule has 0 amide bonds. The van der Waals surface area contributed by atoms with E-state index in [0.717, 1.165) is 11.3 Å². The van der Waals surface area contributed by atoms with Gasteiger partial charge in [0, 0.05) is 13.8 Å². The Hall–Kier alpha value is -4.71. The lowest BCUT2D eigenvalue weighted by atomic mass is 9.95. The molecule has 44 heavy (non-hydrogen) atoms. The summed E-state index contributed by atoms with van der Waals surface area (Å²) in [7, 11) is 1.43. The Labute approximate surface area is 258 Å². The smallest absolute Gasteiger partial charge is 0.338 e. The molecule has 1 atom stereocenters. The molecule has 0 aliphatic carbocycles. The van der Waals surface area contributed by atoms with E-state index in [2.05, 4.69) is 4.99 Å². The molecule has 2 heterocycles. The fourth-order valence-electron chi connectivity index (χ4n) is 4.58. The van der Waals surface area contributed by atoms with Crippen molar-refractivity contribution in [3.8, 4) is 23.0 Å². The van der Waals surface area contributed by atoms with Crippen molar-refractivity contribution in [1.29, 1.82) is 0 Å². The van der Waals surface area contributed by atoms with Crippen LogP contribution in [0.15, 0.2) is 57.5 Å². The molecule has 2 aromatic carbocycles. The van der Waals surface area contributed by atoms with Crippen molar-refractivity contribution in [2.24, 2.45) is 10.9 Å². The third kappa shape index (κ3) is 7.08. The van der Waals surface area contributed by atoms with Gasteiger partial charge in [0.25, 0.3) is 5.56 Å². The zero-order chi connectivity index (χ0) is 32.1. The molecule has 0 saturated carbocycles. The number of carbonyl (C=O) groups is 3. The fraction of sp³-hybridized carbons (Fsp3) is 0.344. The monoisotopic (exact) mass is 622 g/mol. The van der Waals surface area contributed by atoms with Crippen molar-refractivity contribution in [3.63, 3.8) is 0 Å². The number of rotatable bonds is 10. The predicted octanol–water partition coefficient (Wildman–Crippen LogP) is 3.69. The highest BCUT2D eigenvalue weighted by molar-refractivity contribution is 7.07. The van der Waals surface area contributed by atoms with Gasteiger partial charge >= 0.3 is 17.9 Å². The van der Waals surface area contributed by atoms with Gasteiger partial charge in [-0.2, -0.15) is 0 Å². The molecule has 4 rings (SSSR count). The van der Waals surface area contributed by atoms with Gasteiger partial charge in [0.05, 0.1) is 42.2 Å². The molecule has 0 fully saturated rings. The fourth-order valence-corrected chi connectivity index (χ4v) is 5.63. The van der Waals surface area contributed by atoms with Crippen molar-refractivity contribution >= 4 is 35.3 Å². The maximum Gasteiger partial charge on any atom is 0.338 e. The summed E-state index contributed by atoms with van der Waals surface area (Å²) < 4.78 is 29.0. The summed E-state index contributed by atoms with van der Waals surface area (Å²) in [5.41, 5.74) is 1.39. The summed E-state index contributed by atoms with van der Waals surface area (Å²) in [6.45, 7) is 10.5. The lowest BCUT2D eigenvalue weighted by molar-refractivity contribution is -0.140. The van der Waals surface area contributed by atoms with Crippen molar-refractivity contribution in [2.75, 3.05) is 20.3 Å². The van der Waals surface area contributed by atoms with E-state index in [0.29, 0.717) is 38.5 Å². The minimum Gasteiger partial charge on any atom is -0.493 e. The van der Waals surface area contributed by atoms with Crippen LogP contribution in [-0.2, 0) is 19.1 Å². The SMILES string of the molecule is CCOc1cc(/C=c2/sc3n(c2=O)[C@H](c2ccc(OC(C)=O)c(OC)c2)C(C(=O)OCC(C)C)=C(C)N=3)ccc1OC(C)=O. The Morgan fingerprint density at radius 1 is 1.00 bits per heavy atom. The van der Waals surface area contributed by atoms with Gasteiger partial charge < -0.3 is 23.7 Å². The molecule has 0 bridgehead atoms. The molecule has 0 N–H and O–H groups in total. The summed E-state index contributed by atoms with van der Waals surface area (Å²) in [4.78, 5) is 55.7. The first kappa shape index (κ1) is 32.2. The number of carbonyl (C=O) groups excluding carboxylic acids is 3. The van der Waals surface area contributed by atoms with Crippen molar-refractivity contribution in [1.82, 2.24) is 4.57 Å². The zero-order valence-corrected chi connectivity index (χ0v) is 26.4. The number of esters is 3. The van der Waals surface area contributed by atoms with Gasteiger partial charge in [0.2, 0.25) is 0 Å². The molecule has 1 aliphatic rings. The molecule has 12 heteroatoms. The second-order valence-corrected chi connectivity index (χ2v) is 11.3. The van der Waals surface area contributed by atoms with E-state index in [4.69, 9.17) is 23.7 Å². The normalized spacial score (nSPS) is 14.5. The van der Waals surface area contributed by atoms with Gasteiger partial charge in [0.1, 0.15) is 0 Å². The average molecular weight is 623 g/mol. The van der Waals surface area contributed by atoms with Crippen molar-refractivity contribution in [2.45, 2.75) is 47.6 Å². The Morgan fingerprint density at radius 3 is 2.27 bits per heavy atom. The van der Waals surface area contributed by atoms with Crippen LogP contribution in [0.2, 0.25) is 0 Å². The molecule has 0 spiro atoms. The topological polar surface area (TPSA) is 132 Å². The second-order valence-electron chi connectivity index (χ2n) is 10.3. The van der Waals surface area contributed by atoms with Crippen LogP contribution in [0, 0.1) is 5.92 Å². The first-order chi connectivity index (χ1) is 20.9. The van der Waals surface area contributed by atoms with Crippen LogP contribution >= 0.6 is 11.3 Å². The summed E-state index contributed by atoms with van der Waals surface area (Å²) in [6.07, 6.45) is 1.68. The number of ether oxygens (including phenoxy) is 5. The van der Waals surface area contributed by atoms with Gasteiger partial charge in [-0.3, -0.25) is 19.0 Å². The number of hydrogen-bond donors (Lipinski definition) is 0. The molecular formula is C32H34N2O9S. The number of nitrogens with zero attached hydrogens (tertiary/aromatic N) is 2. The van der Waals surface area contributed by atoms with Crippen LogP contribution in [0.3, 0.4) is 0 Å². The molecule has 1 aromatic heterocycles. The number of hydrogen-bond acceptors (Lipinski definition) is 11. The molecule has 0 saturated heterocycles. The van der Waals surface area contributed by atoms with E-state index < -0.39 is 23.9 Å². The lowest BCUT2D eigenvalue weighted by Gasteiger charge is -2.25. The molecular weight excluding hydrogens is 588 g/mol. The molecule has 11 nitrogen and oxygen atoms in total. The van der Waals surface area contributed by atoms with Crippen molar-refractivity contribution < 1.29 is 38.1 Å². The first-order valence-electron chi connectivity index (χ1n) is 13.9. The second kappa shape index (κ2) is 13.7. The highest BCUT2D eigenvalue weighted by Crippen LogP contribution is 2.36. The maximum absolute atomic E-state index is 14.0. The molecule has 0 radical (unpaired) electrons. The zero-order valence-electron chi connectivity index (χ0n) is 25.6. The lowest BCUT2D eigenvalue weighted by Crippen LogP contribution is -2.40. The minimum atomic E-state index is -0.904. The summed E-state index contributed by atoms with van der Waals surface area (Å²) in [6, 6.07) is 8.92. The standard InChI is InChI=1S/C32H34N2O9S/c1-8-40-26-13-21(9-11-24(26)43-20(6)36)14-27-30(37)34-29(22-10-12-23(42-19(5)35)25(15-22)39-7)28(18(4)33-32(34)44-27)31(38)41-16-17(2)3/h9-15,17,29H,8,16H2,1-7H3/b27-14+/t29-/m1/s1. The van der Waals surface area contributed by atoms with E-state index in [-0.39, 0.29) is 40.9 Å². The molecule has 3 aromatic rings. The molecule has 0 unspecified atom stereocenters. The summed E-state index contributed by atoms with van der Waals surface area (Å²) in [5.74, 6) is -0.434. The van der Waals surface area contributed by atoms with Crippen LogP contribution in [-0.4, -0.2) is 42.8 Å². The van der Waals surface area contributed by atoms with Gasteiger partial charge in [-0.1, -0.05) is 37.3 Å². The highest BCUT2D eigenvalue weighted by Gasteiger charge is 2.34. The van der Waals surface area contributed by atoms with Crippen LogP contribution in [0.5, 0.6) is 23.0 Å². The van der Waals surface area contributed by atoms with Gasteiger partial charge in [-0.05, 0) is 61.2 Å². The number of methoxy groups -OCH3 is 1. The Kier molecular flexibility index (Phi) is 10.0. The maximum atomic E-state index is 14.0. The van der Waals surface area contributed by atoms with E-state index in [1.165, 1.54) is 25.5 Å². The number of thiazole rings is 1. The number of benzene rings is 2. The highest BCUT2D eigenvalue weighted by atomic mass is 32.1. The largest absolute Gasteiger partial charge is 0.493 e. The Balaban J connectivity index is 1.90. The van der Waals surface area contributed by atoms with Crippen molar-refractivity contribution in [3.05, 3.63) is 78.5 Å². The summed E-state index contributed by atoms with van der Waals surface area (Å²) >= 11 is 1.16. The quantitative estimate of drug-likeness (QED) is 0.245. The minimum absolute atomic E-state index is 0.0939. The third-order valence-electron chi connectivity index (χ3n) is 6.37. The van der Waals surface area contributed by atoms with Gasteiger partial charge in [-0.25, -0.2) is 9.79 Å². The van der Waals surface area contributed by atoms with E-state index in [9.17, 15) is 19.2 Å². The van der Waals surface area contributed by atoms with Crippen LogP contribution in [0.4, 0.5) is 0 Å². The average Bonchev–Trinajstić information content (AvgIpc) is 3.26. The number of aromatic nitrogens is 1. The number of allylic oxidation sites excluding steroid dienone is 1. The summed E-state index contributed by atoms with van der Waals surface area (Å²) in [5, 5.41) is 0. The van der Waals surface area contributed by atoms with Gasteiger partial charge in [-0.15, -0.1) is 0 Å². The number of fused-ring (bicyclic) bond motifs is 1. The van der Waals surface area contributed by atoms with Crippen LogP contribution < -0.4 is 33.8 Å². The van der Waals surface area contributed by atoms with E-state index in [1.54, 1.807) is 49.4 Å². The third-order valence-corrected chi connectivity index (χ3v) is 7.35. The van der Waals surface area contributed by atoms with E-state index in [1.807, 2.05) is 20.8 Å².